The van der Waals surface area contributed by atoms with Crippen molar-refractivity contribution >= 4 is 27.7 Å². The number of methoxy groups -OCH3 is 1. The van der Waals surface area contributed by atoms with E-state index >= 15 is 0 Å². The minimum Gasteiger partial charge on any atom is -0.503 e. The normalized spacial score (nSPS) is 18.9. The summed E-state index contributed by atoms with van der Waals surface area (Å²) in [5.41, 5.74) is 3.96. The minimum absolute atomic E-state index is 0.0201. The van der Waals surface area contributed by atoms with E-state index in [4.69, 9.17) is 18.9 Å². The van der Waals surface area contributed by atoms with Crippen molar-refractivity contribution in [2.24, 2.45) is 0 Å². The standard InChI is InChI=1S/C30H34BrNO7/c1-5-37-11-12-39-30(35)26-17(3)32-23-14-19(18-7-9-21(36-4)10-8-18)15-24(33)28(23)27(26)20-13-22(31)29(34)25(16-20)38-6-2/h7-10,13,16,19,27,32,34H,5-6,11-12,14-15H2,1-4H3. The van der Waals surface area contributed by atoms with Crippen molar-refractivity contribution in [1.82, 2.24) is 5.32 Å². The van der Waals surface area contributed by atoms with Crippen molar-refractivity contribution in [3.8, 4) is 17.2 Å². The van der Waals surface area contributed by atoms with E-state index in [2.05, 4.69) is 21.2 Å². The van der Waals surface area contributed by atoms with Gasteiger partial charge in [-0.15, -0.1) is 0 Å². The summed E-state index contributed by atoms with van der Waals surface area (Å²) in [5, 5.41) is 13.9. The molecule has 1 heterocycles. The number of nitrogens with one attached hydrogen (secondary N) is 1. The van der Waals surface area contributed by atoms with E-state index in [0.29, 0.717) is 52.9 Å². The summed E-state index contributed by atoms with van der Waals surface area (Å²) < 4.78 is 22.2. The van der Waals surface area contributed by atoms with Crippen molar-refractivity contribution < 1.29 is 33.6 Å². The van der Waals surface area contributed by atoms with E-state index in [1.807, 2.05) is 45.0 Å². The van der Waals surface area contributed by atoms with Gasteiger partial charge in [0.05, 0.1) is 30.4 Å². The van der Waals surface area contributed by atoms with Gasteiger partial charge in [-0.05, 0) is 84.4 Å². The summed E-state index contributed by atoms with van der Waals surface area (Å²) in [6.07, 6.45) is 0.901. The van der Waals surface area contributed by atoms with Gasteiger partial charge < -0.3 is 29.4 Å². The number of hydrogen-bond acceptors (Lipinski definition) is 8. The number of rotatable bonds is 10. The van der Waals surface area contributed by atoms with Crippen LogP contribution < -0.4 is 14.8 Å². The van der Waals surface area contributed by atoms with Crippen LogP contribution in [0.15, 0.2) is 63.4 Å². The van der Waals surface area contributed by atoms with Gasteiger partial charge in [-0.2, -0.15) is 0 Å². The van der Waals surface area contributed by atoms with E-state index in [1.165, 1.54) is 0 Å². The fraction of sp³-hybridized carbons (Fsp3) is 0.400. The van der Waals surface area contributed by atoms with Crippen molar-refractivity contribution in [2.45, 2.75) is 45.4 Å². The number of phenolic OH excluding ortho intramolecular Hbond substituents is 1. The predicted octanol–water partition coefficient (Wildman–Crippen LogP) is 5.50. The lowest BCUT2D eigenvalue weighted by atomic mass is 9.71. The molecule has 2 aliphatic rings. The first kappa shape index (κ1) is 28.7. The summed E-state index contributed by atoms with van der Waals surface area (Å²) in [6.45, 7) is 6.74. The molecule has 208 valence electrons. The van der Waals surface area contributed by atoms with Crippen LogP contribution in [0.4, 0.5) is 0 Å². The number of hydrogen-bond donors (Lipinski definition) is 2. The van der Waals surface area contributed by atoms with Gasteiger partial charge in [0.2, 0.25) is 0 Å². The van der Waals surface area contributed by atoms with Crippen LogP contribution in [0.5, 0.6) is 17.2 Å². The lowest BCUT2D eigenvalue weighted by Crippen LogP contribution is -2.36. The number of halogens is 1. The molecule has 0 spiro atoms. The fourth-order valence-electron chi connectivity index (χ4n) is 5.20. The molecule has 0 saturated carbocycles. The van der Waals surface area contributed by atoms with Crippen LogP contribution in [0.2, 0.25) is 0 Å². The fourth-order valence-corrected chi connectivity index (χ4v) is 5.66. The maximum Gasteiger partial charge on any atom is 0.336 e. The van der Waals surface area contributed by atoms with Gasteiger partial charge in [-0.3, -0.25) is 4.79 Å². The van der Waals surface area contributed by atoms with E-state index in [9.17, 15) is 14.7 Å². The molecular formula is C30H34BrNO7. The Morgan fingerprint density at radius 2 is 1.82 bits per heavy atom. The third-order valence-electron chi connectivity index (χ3n) is 6.98. The Kier molecular flexibility index (Phi) is 9.35. The summed E-state index contributed by atoms with van der Waals surface area (Å²) >= 11 is 3.41. The molecule has 0 saturated heterocycles. The summed E-state index contributed by atoms with van der Waals surface area (Å²) in [7, 11) is 1.62. The highest BCUT2D eigenvalue weighted by atomic mass is 79.9. The first-order valence-electron chi connectivity index (χ1n) is 13.1. The molecule has 0 radical (unpaired) electrons. The number of aromatic hydroxyl groups is 1. The number of ketones is 1. The first-order valence-corrected chi connectivity index (χ1v) is 13.9. The lowest BCUT2D eigenvalue weighted by molar-refractivity contribution is -0.140. The molecule has 1 aliphatic heterocycles. The van der Waals surface area contributed by atoms with Crippen molar-refractivity contribution in [3.05, 3.63) is 74.5 Å². The number of Topliss-reactive ketones (excluding diaryl/α,β-unsaturated/α-hetero) is 1. The number of dihydropyridines is 1. The SMILES string of the molecule is CCOCCOC(=O)C1=C(C)NC2=C(C(=O)CC(c3ccc(OC)cc3)C2)C1c1cc(Br)c(O)c(OCC)c1. The van der Waals surface area contributed by atoms with Crippen molar-refractivity contribution in [1.29, 1.82) is 0 Å². The van der Waals surface area contributed by atoms with Gasteiger partial charge in [-0.25, -0.2) is 4.79 Å². The van der Waals surface area contributed by atoms with Crippen LogP contribution in [-0.4, -0.2) is 50.4 Å². The largest absolute Gasteiger partial charge is 0.503 e. The highest BCUT2D eigenvalue weighted by Gasteiger charge is 2.42. The van der Waals surface area contributed by atoms with Crippen molar-refractivity contribution in [2.75, 3.05) is 33.5 Å². The average Bonchev–Trinajstić information content (AvgIpc) is 2.92. The Morgan fingerprint density at radius 1 is 1.08 bits per heavy atom. The smallest absolute Gasteiger partial charge is 0.336 e. The molecule has 2 unspecified atom stereocenters. The van der Waals surface area contributed by atoms with Gasteiger partial charge in [0.1, 0.15) is 12.4 Å². The number of carbonyl (C=O) groups is 2. The van der Waals surface area contributed by atoms with Crippen LogP contribution >= 0.6 is 15.9 Å². The molecule has 0 amide bonds. The van der Waals surface area contributed by atoms with Crippen molar-refractivity contribution in [3.63, 3.8) is 0 Å². The molecule has 2 aromatic rings. The van der Waals surface area contributed by atoms with Gasteiger partial charge in [-0.1, -0.05) is 12.1 Å². The number of benzene rings is 2. The molecule has 4 rings (SSSR count). The molecular weight excluding hydrogens is 566 g/mol. The van der Waals surface area contributed by atoms with Gasteiger partial charge in [0, 0.05) is 35.9 Å². The molecule has 9 heteroatoms. The lowest BCUT2D eigenvalue weighted by Gasteiger charge is -2.37. The Bertz CT molecular complexity index is 1300. The predicted molar refractivity (Wildman–Crippen MR) is 150 cm³/mol. The van der Waals surface area contributed by atoms with Crippen LogP contribution in [0.25, 0.3) is 0 Å². The third kappa shape index (κ3) is 6.15. The van der Waals surface area contributed by atoms with Crippen LogP contribution in [0.3, 0.4) is 0 Å². The average molecular weight is 601 g/mol. The zero-order chi connectivity index (χ0) is 28.1. The topological polar surface area (TPSA) is 103 Å². The Balaban J connectivity index is 1.77. The van der Waals surface area contributed by atoms with Crippen LogP contribution in [0.1, 0.15) is 56.6 Å². The second-order valence-corrected chi connectivity index (χ2v) is 10.3. The molecule has 2 aromatic carbocycles. The van der Waals surface area contributed by atoms with Gasteiger partial charge in [0.25, 0.3) is 0 Å². The highest BCUT2D eigenvalue weighted by Crippen LogP contribution is 2.48. The number of allylic oxidation sites excluding steroid dienone is 3. The Hall–Kier alpha value is -3.30. The molecule has 39 heavy (non-hydrogen) atoms. The molecule has 8 nitrogen and oxygen atoms in total. The minimum atomic E-state index is -0.693. The molecule has 0 bridgehead atoms. The molecule has 0 fully saturated rings. The van der Waals surface area contributed by atoms with Crippen LogP contribution in [0, 0.1) is 0 Å². The number of ether oxygens (including phenoxy) is 4. The van der Waals surface area contributed by atoms with E-state index in [0.717, 1.165) is 17.0 Å². The molecule has 2 N–H and O–H groups in total. The number of phenols is 1. The summed E-state index contributed by atoms with van der Waals surface area (Å²) in [4.78, 5) is 27.3. The van der Waals surface area contributed by atoms with Gasteiger partial charge >= 0.3 is 5.97 Å². The number of esters is 1. The summed E-state index contributed by atoms with van der Waals surface area (Å²) in [6, 6.07) is 11.2. The van der Waals surface area contributed by atoms with E-state index < -0.39 is 11.9 Å². The van der Waals surface area contributed by atoms with E-state index in [1.54, 1.807) is 19.2 Å². The Labute approximate surface area is 237 Å². The highest BCUT2D eigenvalue weighted by molar-refractivity contribution is 9.10. The van der Waals surface area contributed by atoms with Gasteiger partial charge in [0.15, 0.2) is 17.3 Å². The maximum atomic E-state index is 13.8. The first-order chi connectivity index (χ1) is 18.8. The Morgan fingerprint density at radius 3 is 2.49 bits per heavy atom. The molecule has 1 aliphatic carbocycles. The second kappa shape index (κ2) is 12.7. The number of carbonyl (C=O) groups excluding carboxylic acids is 2. The second-order valence-electron chi connectivity index (χ2n) is 9.41. The van der Waals surface area contributed by atoms with Crippen LogP contribution in [-0.2, 0) is 19.1 Å². The zero-order valence-electron chi connectivity index (χ0n) is 22.6. The third-order valence-corrected chi connectivity index (χ3v) is 7.59. The molecule has 0 aromatic heterocycles. The van der Waals surface area contributed by atoms with E-state index in [-0.39, 0.29) is 36.4 Å². The molecule has 2 atom stereocenters. The monoisotopic (exact) mass is 599 g/mol. The zero-order valence-corrected chi connectivity index (χ0v) is 24.2. The maximum absolute atomic E-state index is 13.8. The summed E-state index contributed by atoms with van der Waals surface area (Å²) in [5.74, 6) is -0.309. The quantitative estimate of drug-likeness (QED) is 0.272.